The van der Waals surface area contributed by atoms with Crippen molar-refractivity contribution in [1.82, 2.24) is 4.57 Å². The quantitative estimate of drug-likeness (QED) is 0.547. The Hall–Kier alpha value is -2.81. The molecule has 0 fully saturated rings. The second-order valence-corrected chi connectivity index (χ2v) is 5.29. The molecule has 4 aromatic rings. The highest BCUT2D eigenvalue weighted by Gasteiger charge is 2.17. The number of aryl methyl sites for hydroxylation is 1. The number of furan rings is 1. The SMILES string of the molecule is CCn1c(=O)c2ccccc2c2c(-c3ccccc3)coc21. The highest BCUT2D eigenvalue weighted by Crippen LogP contribution is 2.34. The van der Waals surface area contributed by atoms with Gasteiger partial charge >= 0.3 is 0 Å². The van der Waals surface area contributed by atoms with E-state index in [2.05, 4.69) is 12.1 Å². The van der Waals surface area contributed by atoms with Crippen molar-refractivity contribution < 1.29 is 4.42 Å². The summed E-state index contributed by atoms with van der Waals surface area (Å²) in [7, 11) is 0. The molecule has 0 spiro atoms. The minimum Gasteiger partial charge on any atom is -0.447 e. The normalized spacial score (nSPS) is 11.3. The zero-order valence-electron chi connectivity index (χ0n) is 12.2. The van der Waals surface area contributed by atoms with E-state index in [1.807, 2.05) is 49.4 Å². The Labute approximate surface area is 127 Å². The molecule has 2 aromatic carbocycles. The van der Waals surface area contributed by atoms with Crippen molar-refractivity contribution in [1.29, 1.82) is 0 Å². The average molecular weight is 289 g/mol. The Morgan fingerprint density at radius 1 is 0.955 bits per heavy atom. The number of aromatic nitrogens is 1. The van der Waals surface area contributed by atoms with E-state index in [-0.39, 0.29) is 5.56 Å². The number of hydrogen-bond acceptors (Lipinski definition) is 2. The van der Waals surface area contributed by atoms with Gasteiger partial charge in [0.05, 0.1) is 5.39 Å². The topological polar surface area (TPSA) is 35.1 Å². The number of rotatable bonds is 2. The molecule has 0 N–H and O–H groups in total. The minimum absolute atomic E-state index is 0.000406. The molecule has 3 heteroatoms. The second kappa shape index (κ2) is 4.88. The van der Waals surface area contributed by atoms with Crippen LogP contribution in [0.4, 0.5) is 0 Å². The average Bonchev–Trinajstić information content (AvgIpc) is 3.01. The number of hydrogen-bond donors (Lipinski definition) is 0. The van der Waals surface area contributed by atoms with E-state index in [1.54, 1.807) is 10.8 Å². The Kier molecular flexibility index (Phi) is 2.86. The summed E-state index contributed by atoms with van der Waals surface area (Å²) in [6, 6.07) is 17.8. The van der Waals surface area contributed by atoms with Crippen molar-refractivity contribution in [2.24, 2.45) is 0 Å². The third-order valence-corrected chi connectivity index (χ3v) is 4.09. The third kappa shape index (κ3) is 1.72. The van der Waals surface area contributed by atoms with Crippen LogP contribution >= 0.6 is 0 Å². The van der Waals surface area contributed by atoms with Crippen molar-refractivity contribution >= 4 is 21.9 Å². The van der Waals surface area contributed by atoms with Gasteiger partial charge in [0.15, 0.2) is 0 Å². The van der Waals surface area contributed by atoms with Gasteiger partial charge in [0.2, 0.25) is 5.71 Å². The molecule has 0 amide bonds. The number of benzene rings is 2. The van der Waals surface area contributed by atoms with Gasteiger partial charge in [-0.05, 0) is 18.6 Å². The highest BCUT2D eigenvalue weighted by molar-refractivity contribution is 6.11. The van der Waals surface area contributed by atoms with Crippen molar-refractivity contribution in [3.63, 3.8) is 0 Å². The van der Waals surface area contributed by atoms with Crippen LogP contribution in [0.25, 0.3) is 33.0 Å². The molecule has 0 atom stereocenters. The van der Waals surface area contributed by atoms with Gasteiger partial charge in [-0.25, -0.2) is 0 Å². The summed E-state index contributed by atoms with van der Waals surface area (Å²) in [5.74, 6) is 0. The molecule has 0 unspecified atom stereocenters. The van der Waals surface area contributed by atoms with Gasteiger partial charge in [-0.15, -0.1) is 0 Å². The van der Waals surface area contributed by atoms with Crippen molar-refractivity contribution in [3.8, 4) is 11.1 Å². The lowest BCUT2D eigenvalue weighted by atomic mass is 10.0. The summed E-state index contributed by atoms with van der Waals surface area (Å²) in [6.07, 6.45) is 1.75. The lowest BCUT2D eigenvalue weighted by Gasteiger charge is -2.07. The Balaban J connectivity index is 2.23. The van der Waals surface area contributed by atoms with Crippen LogP contribution in [-0.4, -0.2) is 4.57 Å². The van der Waals surface area contributed by atoms with Gasteiger partial charge in [-0.3, -0.25) is 9.36 Å². The first kappa shape index (κ1) is 12.9. The largest absolute Gasteiger partial charge is 0.447 e. The Morgan fingerprint density at radius 2 is 1.64 bits per heavy atom. The number of pyridine rings is 1. The molecule has 2 heterocycles. The van der Waals surface area contributed by atoms with Crippen molar-refractivity contribution in [2.75, 3.05) is 0 Å². The van der Waals surface area contributed by atoms with Gasteiger partial charge < -0.3 is 4.42 Å². The lowest BCUT2D eigenvalue weighted by Crippen LogP contribution is -2.19. The summed E-state index contributed by atoms with van der Waals surface area (Å²) in [5.41, 5.74) is 2.76. The fourth-order valence-corrected chi connectivity index (χ4v) is 3.05. The molecule has 108 valence electrons. The summed E-state index contributed by atoms with van der Waals surface area (Å²) in [5, 5.41) is 2.68. The first-order chi connectivity index (χ1) is 10.8. The molecule has 0 saturated carbocycles. The predicted molar refractivity (Wildman–Crippen MR) is 89.1 cm³/mol. The second-order valence-electron chi connectivity index (χ2n) is 5.29. The van der Waals surface area contributed by atoms with Gasteiger partial charge in [-0.2, -0.15) is 0 Å². The van der Waals surface area contributed by atoms with E-state index >= 15 is 0 Å². The zero-order chi connectivity index (χ0) is 15.1. The molecule has 0 aliphatic heterocycles. The summed E-state index contributed by atoms with van der Waals surface area (Å²) >= 11 is 0. The monoisotopic (exact) mass is 289 g/mol. The van der Waals surface area contributed by atoms with Crippen LogP contribution in [0.3, 0.4) is 0 Å². The molecule has 0 radical (unpaired) electrons. The van der Waals surface area contributed by atoms with Gasteiger partial charge in [0, 0.05) is 22.9 Å². The lowest BCUT2D eigenvalue weighted by molar-refractivity contribution is 0.564. The highest BCUT2D eigenvalue weighted by atomic mass is 16.3. The van der Waals surface area contributed by atoms with E-state index in [9.17, 15) is 4.79 Å². The van der Waals surface area contributed by atoms with E-state index in [0.717, 1.165) is 27.3 Å². The maximum Gasteiger partial charge on any atom is 0.261 e. The summed E-state index contributed by atoms with van der Waals surface area (Å²) in [4.78, 5) is 12.6. The van der Waals surface area contributed by atoms with E-state index in [1.165, 1.54) is 0 Å². The molecular formula is C19H15NO2. The van der Waals surface area contributed by atoms with Gasteiger partial charge in [0.25, 0.3) is 5.56 Å². The fourth-order valence-electron chi connectivity index (χ4n) is 3.05. The van der Waals surface area contributed by atoms with Crippen LogP contribution in [0.2, 0.25) is 0 Å². The van der Waals surface area contributed by atoms with Crippen LogP contribution in [0.1, 0.15) is 6.92 Å². The van der Waals surface area contributed by atoms with Crippen molar-refractivity contribution in [3.05, 3.63) is 71.2 Å². The molecule has 0 aliphatic carbocycles. The first-order valence-electron chi connectivity index (χ1n) is 7.39. The maximum absolute atomic E-state index is 12.6. The summed E-state index contributed by atoms with van der Waals surface area (Å²) in [6.45, 7) is 2.54. The molecule has 4 rings (SSSR count). The van der Waals surface area contributed by atoms with E-state index in [4.69, 9.17) is 4.42 Å². The molecule has 0 aliphatic rings. The van der Waals surface area contributed by atoms with Crippen LogP contribution in [0.15, 0.2) is 70.1 Å². The van der Waals surface area contributed by atoms with Crippen LogP contribution in [-0.2, 0) is 6.54 Å². The predicted octanol–water partition coefficient (Wildman–Crippen LogP) is 4.43. The van der Waals surface area contributed by atoms with Crippen LogP contribution < -0.4 is 5.56 Å². The standard InChI is InChI=1S/C19H15NO2/c1-2-20-18(21)15-11-7-6-10-14(15)17-16(12-22-19(17)20)13-8-4-3-5-9-13/h3-12H,2H2,1H3. The Bertz CT molecular complexity index is 1030. The summed E-state index contributed by atoms with van der Waals surface area (Å²) < 4.78 is 7.48. The minimum atomic E-state index is -0.000406. The van der Waals surface area contributed by atoms with E-state index in [0.29, 0.717) is 12.3 Å². The Morgan fingerprint density at radius 3 is 2.36 bits per heavy atom. The van der Waals surface area contributed by atoms with Crippen molar-refractivity contribution in [2.45, 2.75) is 13.5 Å². The maximum atomic E-state index is 12.6. The molecule has 2 aromatic heterocycles. The first-order valence-corrected chi connectivity index (χ1v) is 7.39. The van der Waals surface area contributed by atoms with Crippen LogP contribution in [0.5, 0.6) is 0 Å². The molecule has 0 bridgehead atoms. The molecular weight excluding hydrogens is 274 g/mol. The smallest absolute Gasteiger partial charge is 0.261 e. The molecule has 22 heavy (non-hydrogen) atoms. The van der Waals surface area contributed by atoms with Crippen LogP contribution in [0, 0.1) is 0 Å². The number of fused-ring (bicyclic) bond motifs is 3. The van der Waals surface area contributed by atoms with E-state index < -0.39 is 0 Å². The zero-order valence-corrected chi connectivity index (χ0v) is 12.2. The van der Waals surface area contributed by atoms with Gasteiger partial charge in [0.1, 0.15) is 6.26 Å². The number of nitrogens with zero attached hydrogens (tertiary/aromatic N) is 1. The third-order valence-electron chi connectivity index (χ3n) is 4.09. The fraction of sp³-hybridized carbons (Fsp3) is 0.105. The van der Waals surface area contributed by atoms with Gasteiger partial charge in [-0.1, -0.05) is 48.5 Å². The molecule has 3 nitrogen and oxygen atoms in total. The molecule has 0 saturated heterocycles.